The van der Waals surface area contributed by atoms with E-state index in [4.69, 9.17) is 14.0 Å². The molecule has 0 saturated heterocycles. The van der Waals surface area contributed by atoms with Crippen molar-refractivity contribution in [3.63, 3.8) is 0 Å². The quantitative estimate of drug-likeness (QED) is 0.843. The van der Waals surface area contributed by atoms with E-state index >= 15 is 0 Å². The van der Waals surface area contributed by atoms with Crippen LogP contribution in [0.5, 0.6) is 5.75 Å². The maximum atomic E-state index is 5.64. The molecule has 2 aromatic rings. The number of nitrogens with zero attached hydrogens (tertiary/aromatic N) is 2. The van der Waals surface area contributed by atoms with Crippen LogP contribution in [0.25, 0.3) is 0 Å². The number of hydrogen-bond donors (Lipinski definition) is 0. The second-order valence-electron chi connectivity index (χ2n) is 4.52. The molecule has 0 radical (unpaired) electrons. The molecule has 1 aromatic heterocycles. The van der Waals surface area contributed by atoms with E-state index in [-0.39, 0.29) is 5.92 Å². The van der Waals surface area contributed by atoms with Crippen LogP contribution >= 0.6 is 0 Å². The molecule has 0 aliphatic carbocycles. The maximum absolute atomic E-state index is 5.64. The van der Waals surface area contributed by atoms with Gasteiger partial charge >= 0.3 is 0 Å². The van der Waals surface area contributed by atoms with Gasteiger partial charge in [-0.3, -0.25) is 0 Å². The summed E-state index contributed by atoms with van der Waals surface area (Å²) in [5, 5.41) is 3.99. The van der Waals surface area contributed by atoms with Crippen LogP contribution in [0.4, 0.5) is 0 Å². The Morgan fingerprint density at radius 2 is 2.26 bits per heavy atom. The van der Waals surface area contributed by atoms with Crippen molar-refractivity contribution < 1.29 is 14.0 Å². The van der Waals surface area contributed by atoms with Crippen molar-refractivity contribution in [1.29, 1.82) is 0 Å². The maximum Gasteiger partial charge on any atom is 0.234 e. The molecule has 0 amide bonds. The third-order valence-corrected chi connectivity index (χ3v) is 3.27. The highest BCUT2D eigenvalue weighted by Crippen LogP contribution is 2.36. The highest BCUT2D eigenvalue weighted by atomic mass is 16.5. The molecule has 0 N–H and O–H groups in total. The Morgan fingerprint density at radius 3 is 3.16 bits per heavy atom. The van der Waals surface area contributed by atoms with Crippen LogP contribution in [0.1, 0.15) is 29.6 Å². The minimum atomic E-state index is 0.133. The van der Waals surface area contributed by atoms with E-state index in [2.05, 4.69) is 16.2 Å². The molecule has 1 aromatic carbocycles. The SMILES string of the molecule is COCCc1noc(C2CCOc3ccccc32)n1. The number of ether oxygens (including phenoxy) is 2. The molecule has 1 aliphatic rings. The summed E-state index contributed by atoms with van der Waals surface area (Å²) < 4.78 is 16.0. The fraction of sp³-hybridized carbons (Fsp3) is 0.429. The lowest BCUT2D eigenvalue weighted by atomic mass is 9.93. The highest BCUT2D eigenvalue weighted by Gasteiger charge is 2.27. The average Bonchev–Trinajstić information content (AvgIpc) is 2.93. The molecule has 0 bridgehead atoms. The van der Waals surface area contributed by atoms with Gasteiger partial charge in [0.05, 0.1) is 19.1 Å². The van der Waals surface area contributed by atoms with Gasteiger partial charge in [-0.15, -0.1) is 0 Å². The van der Waals surface area contributed by atoms with Gasteiger partial charge in [0, 0.05) is 19.1 Å². The van der Waals surface area contributed by atoms with Crippen LogP contribution in [0, 0.1) is 0 Å². The molecule has 0 spiro atoms. The number of hydrogen-bond acceptors (Lipinski definition) is 5. The van der Waals surface area contributed by atoms with E-state index < -0.39 is 0 Å². The molecule has 1 aliphatic heterocycles. The Balaban J connectivity index is 1.85. The molecule has 3 rings (SSSR count). The first kappa shape index (κ1) is 12.2. The molecule has 0 fully saturated rings. The fourth-order valence-corrected chi connectivity index (χ4v) is 2.30. The van der Waals surface area contributed by atoms with Crippen LogP contribution in [-0.4, -0.2) is 30.5 Å². The van der Waals surface area contributed by atoms with Gasteiger partial charge in [0.25, 0.3) is 0 Å². The van der Waals surface area contributed by atoms with E-state index in [1.165, 1.54) is 0 Å². The van der Waals surface area contributed by atoms with E-state index in [0.29, 0.717) is 31.3 Å². The summed E-state index contributed by atoms with van der Waals surface area (Å²) in [6.07, 6.45) is 1.54. The normalized spacial score (nSPS) is 17.8. The van der Waals surface area contributed by atoms with Crippen LogP contribution in [0.15, 0.2) is 28.8 Å². The molecule has 1 atom stereocenters. The third-order valence-electron chi connectivity index (χ3n) is 3.27. The Kier molecular flexibility index (Phi) is 3.46. The monoisotopic (exact) mass is 260 g/mol. The summed E-state index contributed by atoms with van der Waals surface area (Å²) in [7, 11) is 1.66. The predicted octanol–water partition coefficient (Wildman–Crippen LogP) is 2.17. The Labute approximate surface area is 111 Å². The van der Waals surface area contributed by atoms with Crippen molar-refractivity contribution in [3.8, 4) is 5.75 Å². The molecular formula is C14H16N2O3. The van der Waals surface area contributed by atoms with Gasteiger partial charge in [0.15, 0.2) is 5.82 Å². The number of para-hydroxylation sites is 1. The number of aromatic nitrogens is 2. The molecule has 1 unspecified atom stereocenters. The van der Waals surface area contributed by atoms with Gasteiger partial charge in [-0.2, -0.15) is 4.98 Å². The topological polar surface area (TPSA) is 57.4 Å². The van der Waals surface area contributed by atoms with Crippen molar-refractivity contribution in [2.75, 3.05) is 20.3 Å². The number of benzene rings is 1. The van der Waals surface area contributed by atoms with Crippen molar-refractivity contribution in [2.24, 2.45) is 0 Å². The van der Waals surface area contributed by atoms with Crippen molar-refractivity contribution in [1.82, 2.24) is 10.1 Å². The molecule has 5 heteroatoms. The summed E-state index contributed by atoms with van der Waals surface area (Å²) in [5.41, 5.74) is 1.12. The van der Waals surface area contributed by atoms with Gasteiger partial charge in [-0.1, -0.05) is 23.4 Å². The van der Waals surface area contributed by atoms with E-state index in [1.54, 1.807) is 7.11 Å². The van der Waals surface area contributed by atoms with Gasteiger partial charge in [0.2, 0.25) is 5.89 Å². The lowest BCUT2D eigenvalue weighted by molar-refractivity contribution is 0.199. The van der Waals surface area contributed by atoms with Crippen molar-refractivity contribution in [3.05, 3.63) is 41.5 Å². The zero-order valence-electron chi connectivity index (χ0n) is 10.8. The van der Waals surface area contributed by atoms with E-state index in [1.807, 2.05) is 18.2 Å². The van der Waals surface area contributed by atoms with Crippen LogP contribution in [-0.2, 0) is 11.2 Å². The second kappa shape index (κ2) is 5.40. The molecule has 5 nitrogen and oxygen atoms in total. The van der Waals surface area contributed by atoms with Gasteiger partial charge < -0.3 is 14.0 Å². The van der Waals surface area contributed by atoms with Gasteiger partial charge in [0.1, 0.15) is 5.75 Å². The summed E-state index contributed by atoms with van der Waals surface area (Å²) in [6, 6.07) is 8.00. The summed E-state index contributed by atoms with van der Waals surface area (Å²) >= 11 is 0. The fourth-order valence-electron chi connectivity index (χ4n) is 2.30. The third kappa shape index (κ3) is 2.46. The molecule has 100 valence electrons. The first-order valence-corrected chi connectivity index (χ1v) is 6.41. The van der Waals surface area contributed by atoms with Gasteiger partial charge in [-0.25, -0.2) is 0 Å². The zero-order chi connectivity index (χ0) is 13.1. The standard InChI is InChI=1S/C14H16N2O3/c1-17-8-7-13-15-14(19-16-13)11-6-9-18-12-5-3-2-4-10(11)12/h2-5,11H,6-9H2,1H3. The van der Waals surface area contributed by atoms with Crippen LogP contribution < -0.4 is 4.74 Å². The zero-order valence-corrected chi connectivity index (χ0v) is 10.8. The number of methoxy groups -OCH3 is 1. The number of rotatable bonds is 4. The molecule has 0 saturated carbocycles. The molecule has 2 heterocycles. The minimum absolute atomic E-state index is 0.133. The lowest BCUT2D eigenvalue weighted by Crippen LogP contribution is -2.15. The first-order valence-electron chi connectivity index (χ1n) is 6.41. The summed E-state index contributed by atoms with van der Waals surface area (Å²) in [5.74, 6) is 2.41. The van der Waals surface area contributed by atoms with E-state index in [9.17, 15) is 0 Å². The second-order valence-corrected chi connectivity index (χ2v) is 4.52. The smallest absolute Gasteiger partial charge is 0.234 e. The Bertz CT molecular complexity index is 553. The average molecular weight is 260 g/mol. The highest BCUT2D eigenvalue weighted by molar-refractivity contribution is 5.40. The van der Waals surface area contributed by atoms with Crippen LogP contribution in [0.3, 0.4) is 0 Å². The Morgan fingerprint density at radius 1 is 1.37 bits per heavy atom. The Hall–Kier alpha value is -1.88. The number of fused-ring (bicyclic) bond motifs is 1. The predicted molar refractivity (Wildman–Crippen MR) is 68.3 cm³/mol. The van der Waals surface area contributed by atoms with Gasteiger partial charge in [-0.05, 0) is 12.5 Å². The molecule has 19 heavy (non-hydrogen) atoms. The first-order chi connectivity index (χ1) is 9.38. The summed E-state index contributed by atoms with van der Waals surface area (Å²) in [4.78, 5) is 4.46. The van der Waals surface area contributed by atoms with Crippen molar-refractivity contribution in [2.45, 2.75) is 18.8 Å². The summed E-state index contributed by atoms with van der Waals surface area (Å²) in [6.45, 7) is 1.28. The molecular weight excluding hydrogens is 244 g/mol. The lowest BCUT2D eigenvalue weighted by Gasteiger charge is -2.22. The minimum Gasteiger partial charge on any atom is -0.493 e. The van der Waals surface area contributed by atoms with Crippen LogP contribution in [0.2, 0.25) is 0 Å². The largest absolute Gasteiger partial charge is 0.493 e. The van der Waals surface area contributed by atoms with Crippen molar-refractivity contribution >= 4 is 0 Å². The van der Waals surface area contributed by atoms with E-state index in [0.717, 1.165) is 17.7 Å².